The second kappa shape index (κ2) is 12.6. The number of guanidine groups is 1. The molecule has 33 heavy (non-hydrogen) atoms. The van der Waals surface area contributed by atoms with Crippen molar-refractivity contribution in [2.24, 2.45) is 4.99 Å². The van der Waals surface area contributed by atoms with Crippen LogP contribution in [0.15, 0.2) is 53.7 Å². The molecule has 1 aromatic carbocycles. The lowest BCUT2D eigenvalue weighted by atomic mass is 10.2. The number of amides is 2. The predicted octanol–water partition coefficient (Wildman–Crippen LogP) is 3.62. The zero-order valence-corrected chi connectivity index (χ0v) is 21.6. The first kappa shape index (κ1) is 25.1. The largest absolute Gasteiger partial charge is 0.357 e. The van der Waals surface area contributed by atoms with E-state index in [4.69, 9.17) is 4.99 Å². The summed E-state index contributed by atoms with van der Waals surface area (Å²) >= 11 is 0. The molecule has 1 aromatic heterocycles. The number of urea groups is 1. The van der Waals surface area contributed by atoms with Gasteiger partial charge in [0.1, 0.15) is 5.82 Å². The van der Waals surface area contributed by atoms with Gasteiger partial charge in [0.25, 0.3) is 0 Å². The Morgan fingerprint density at radius 1 is 1.00 bits per heavy atom. The summed E-state index contributed by atoms with van der Waals surface area (Å²) in [7, 11) is 0. The number of pyridine rings is 1. The molecule has 0 spiro atoms. The molecule has 3 heterocycles. The molecule has 178 valence electrons. The highest BCUT2D eigenvalue weighted by Gasteiger charge is 2.20. The summed E-state index contributed by atoms with van der Waals surface area (Å²) in [6.07, 6.45) is 4.02. The molecule has 0 radical (unpaired) electrons. The van der Waals surface area contributed by atoms with E-state index in [0.29, 0.717) is 6.54 Å². The third kappa shape index (κ3) is 6.96. The monoisotopic (exact) mass is 563 g/mol. The Morgan fingerprint density at radius 3 is 2.48 bits per heavy atom. The predicted molar refractivity (Wildman–Crippen MR) is 145 cm³/mol. The highest BCUT2D eigenvalue weighted by molar-refractivity contribution is 14.0. The number of aromatic nitrogens is 1. The number of aliphatic imine (C=N–C) groups is 1. The molecular formula is C24H34IN7O. The molecule has 4 rings (SSSR count). The lowest BCUT2D eigenvalue weighted by Gasteiger charge is -2.37. The number of anilines is 2. The van der Waals surface area contributed by atoms with Gasteiger partial charge >= 0.3 is 6.03 Å². The number of hydrogen-bond donors (Lipinski definition) is 2. The van der Waals surface area contributed by atoms with E-state index in [2.05, 4.69) is 44.5 Å². The zero-order valence-electron chi connectivity index (χ0n) is 19.2. The smallest absolute Gasteiger partial charge is 0.321 e. The van der Waals surface area contributed by atoms with Gasteiger partial charge in [-0.2, -0.15) is 0 Å². The van der Waals surface area contributed by atoms with Crippen LogP contribution in [0.3, 0.4) is 0 Å². The third-order valence-electron chi connectivity index (χ3n) is 5.87. The van der Waals surface area contributed by atoms with Crippen LogP contribution in [0, 0.1) is 0 Å². The van der Waals surface area contributed by atoms with Crippen LogP contribution in [0.5, 0.6) is 0 Å². The van der Waals surface area contributed by atoms with Crippen LogP contribution < -0.4 is 15.5 Å². The first-order valence-electron chi connectivity index (χ1n) is 11.6. The van der Waals surface area contributed by atoms with Gasteiger partial charge in [-0.1, -0.05) is 18.2 Å². The summed E-state index contributed by atoms with van der Waals surface area (Å²) in [6.45, 7) is 8.79. The number of rotatable bonds is 5. The fourth-order valence-corrected chi connectivity index (χ4v) is 4.15. The highest BCUT2D eigenvalue weighted by atomic mass is 127. The van der Waals surface area contributed by atoms with Gasteiger partial charge in [0, 0.05) is 57.7 Å². The average Bonchev–Trinajstić information content (AvgIpc) is 3.38. The Bertz CT molecular complexity index is 910. The highest BCUT2D eigenvalue weighted by Crippen LogP contribution is 2.16. The molecule has 8 nitrogen and oxygen atoms in total. The maximum Gasteiger partial charge on any atom is 0.321 e. The first-order chi connectivity index (χ1) is 15.7. The van der Waals surface area contributed by atoms with Gasteiger partial charge in [-0.25, -0.2) is 14.8 Å². The van der Waals surface area contributed by atoms with Gasteiger partial charge in [-0.15, -0.1) is 24.0 Å². The summed E-state index contributed by atoms with van der Waals surface area (Å²) in [6, 6.07) is 14.0. The Hall–Kier alpha value is -2.56. The molecule has 0 aliphatic carbocycles. The normalized spacial score (nSPS) is 16.4. The van der Waals surface area contributed by atoms with Crippen molar-refractivity contribution in [1.82, 2.24) is 20.1 Å². The minimum Gasteiger partial charge on any atom is -0.357 e. The summed E-state index contributed by atoms with van der Waals surface area (Å²) < 4.78 is 0. The van der Waals surface area contributed by atoms with E-state index in [9.17, 15) is 4.79 Å². The molecule has 2 aliphatic rings. The molecule has 0 bridgehead atoms. The lowest BCUT2D eigenvalue weighted by molar-refractivity contribution is 0.222. The van der Waals surface area contributed by atoms with Crippen molar-refractivity contribution >= 4 is 47.5 Å². The van der Waals surface area contributed by atoms with Crippen LogP contribution in [-0.2, 0) is 6.54 Å². The van der Waals surface area contributed by atoms with Gasteiger partial charge < -0.3 is 25.3 Å². The Morgan fingerprint density at radius 2 is 1.79 bits per heavy atom. The number of likely N-dealkylation sites (tertiary alicyclic amines) is 1. The van der Waals surface area contributed by atoms with Crippen molar-refractivity contribution in [3.05, 3.63) is 54.2 Å². The maximum absolute atomic E-state index is 12.4. The van der Waals surface area contributed by atoms with Crippen LogP contribution in [0.4, 0.5) is 16.3 Å². The van der Waals surface area contributed by atoms with Crippen LogP contribution in [0.1, 0.15) is 25.3 Å². The number of carbonyl (C=O) groups excluding carboxylic acids is 1. The number of halogens is 1. The fraction of sp³-hybridized carbons (Fsp3) is 0.458. The summed E-state index contributed by atoms with van der Waals surface area (Å²) in [4.78, 5) is 28.2. The zero-order chi connectivity index (χ0) is 22.2. The van der Waals surface area contributed by atoms with Crippen LogP contribution >= 0.6 is 24.0 Å². The molecule has 2 amide bonds. The SMILES string of the molecule is CCNC(=NCc1cccc(NC(=O)N2CCCC2)c1)N1CCN(c2ccccn2)CC1.I. The summed E-state index contributed by atoms with van der Waals surface area (Å²) in [5.41, 5.74) is 1.90. The van der Waals surface area contributed by atoms with Crippen LogP contribution in [0.2, 0.25) is 0 Å². The van der Waals surface area contributed by atoms with Gasteiger partial charge in [0.2, 0.25) is 0 Å². The molecule has 2 aliphatic heterocycles. The van der Waals surface area contributed by atoms with Crippen molar-refractivity contribution in [1.29, 1.82) is 0 Å². The molecule has 0 unspecified atom stereocenters. The number of piperazine rings is 1. The van der Waals surface area contributed by atoms with Crippen LogP contribution in [-0.4, -0.2) is 72.6 Å². The molecule has 9 heteroatoms. The number of nitrogens with one attached hydrogen (secondary N) is 2. The molecule has 0 saturated carbocycles. The van der Waals surface area contributed by atoms with Crippen molar-refractivity contribution in [2.75, 3.05) is 56.0 Å². The Balaban J connectivity index is 0.00000306. The second-order valence-electron chi connectivity index (χ2n) is 8.16. The topological polar surface area (TPSA) is 76.1 Å². The average molecular weight is 563 g/mol. The number of hydrogen-bond acceptors (Lipinski definition) is 4. The minimum atomic E-state index is -0.0118. The standard InChI is InChI=1S/C24H33N7O.HI/c1-2-25-23(30-16-14-29(15-17-30)22-10-3-4-11-26-22)27-19-20-8-7-9-21(18-20)28-24(32)31-12-5-6-13-31;/h3-4,7-11,18H,2,5-6,12-17,19H2,1H3,(H,25,27)(H,28,32);1H. The van der Waals surface area contributed by atoms with E-state index >= 15 is 0 Å². The van der Waals surface area contributed by atoms with E-state index in [1.165, 1.54) is 0 Å². The molecule has 2 saturated heterocycles. The van der Waals surface area contributed by atoms with E-state index in [-0.39, 0.29) is 30.0 Å². The van der Waals surface area contributed by atoms with Gasteiger partial charge in [-0.3, -0.25) is 0 Å². The molecule has 2 aromatic rings. The maximum atomic E-state index is 12.4. The quantitative estimate of drug-likeness (QED) is 0.331. The Labute approximate surface area is 213 Å². The number of benzene rings is 1. The van der Waals surface area contributed by atoms with Crippen molar-refractivity contribution in [2.45, 2.75) is 26.3 Å². The first-order valence-corrected chi connectivity index (χ1v) is 11.6. The third-order valence-corrected chi connectivity index (χ3v) is 5.87. The minimum absolute atomic E-state index is 0. The van der Waals surface area contributed by atoms with E-state index in [1.54, 1.807) is 0 Å². The van der Waals surface area contributed by atoms with Gasteiger partial charge in [-0.05, 0) is 49.6 Å². The summed E-state index contributed by atoms with van der Waals surface area (Å²) in [5.74, 6) is 1.96. The van der Waals surface area contributed by atoms with E-state index in [1.807, 2.05) is 41.4 Å². The lowest BCUT2D eigenvalue weighted by Crippen LogP contribution is -2.52. The number of carbonyl (C=O) groups is 1. The van der Waals surface area contributed by atoms with Gasteiger partial charge in [0.15, 0.2) is 5.96 Å². The van der Waals surface area contributed by atoms with E-state index < -0.39 is 0 Å². The molecular weight excluding hydrogens is 529 g/mol. The van der Waals surface area contributed by atoms with Crippen LogP contribution in [0.25, 0.3) is 0 Å². The second-order valence-corrected chi connectivity index (χ2v) is 8.16. The molecule has 0 atom stereocenters. The van der Waals surface area contributed by atoms with Gasteiger partial charge in [0.05, 0.1) is 6.54 Å². The van der Waals surface area contributed by atoms with Crippen molar-refractivity contribution in [3.8, 4) is 0 Å². The van der Waals surface area contributed by atoms with Crippen molar-refractivity contribution < 1.29 is 4.79 Å². The van der Waals surface area contributed by atoms with Crippen molar-refractivity contribution in [3.63, 3.8) is 0 Å². The van der Waals surface area contributed by atoms with E-state index in [0.717, 1.165) is 81.7 Å². The Kier molecular flexibility index (Phi) is 9.59. The molecule has 2 N–H and O–H groups in total. The number of nitrogens with zero attached hydrogens (tertiary/aromatic N) is 5. The fourth-order valence-electron chi connectivity index (χ4n) is 4.15. The summed E-state index contributed by atoms with van der Waals surface area (Å²) in [5, 5.41) is 6.45. The molecule has 2 fully saturated rings.